The van der Waals surface area contributed by atoms with Gasteiger partial charge in [0.2, 0.25) is 6.43 Å². The summed E-state index contributed by atoms with van der Waals surface area (Å²) >= 11 is 0. The van der Waals surface area contributed by atoms with Crippen molar-refractivity contribution < 1.29 is 13.2 Å². The van der Waals surface area contributed by atoms with Crippen LogP contribution in [0.5, 0.6) is 0 Å². The van der Waals surface area contributed by atoms with Crippen molar-refractivity contribution in [1.82, 2.24) is 0 Å². The summed E-state index contributed by atoms with van der Waals surface area (Å²) in [4.78, 5) is 2.38. The quantitative estimate of drug-likeness (QED) is 0.314. The van der Waals surface area contributed by atoms with Gasteiger partial charge in [-0.1, -0.05) is 25.9 Å². The Kier molecular flexibility index (Phi) is 5.78. The lowest BCUT2D eigenvalue weighted by atomic mass is 10.3. The molecule has 0 bridgehead atoms. The highest BCUT2D eigenvalue weighted by Crippen LogP contribution is 2.27. The molecule has 0 aliphatic heterocycles. The van der Waals surface area contributed by atoms with E-state index in [9.17, 15) is 8.78 Å². The van der Waals surface area contributed by atoms with E-state index in [0.29, 0.717) is 0 Å². The standard InChI is InChI=1S/C8H17F2N3OSi/c1-8(2,3)15(4)14-5-6(7(9)10)12-13-11/h6-7,15H,5H2,1-4H3/t6-,15?/m0/s1. The van der Waals surface area contributed by atoms with Crippen molar-refractivity contribution in [3.63, 3.8) is 0 Å². The Hall–Kier alpha value is -0.653. The molecule has 0 aliphatic rings. The number of hydrogen-bond donors (Lipinski definition) is 0. The molecule has 2 atom stereocenters. The van der Waals surface area contributed by atoms with Crippen LogP contribution < -0.4 is 0 Å². The van der Waals surface area contributed by atoms with Crippen molar-refractivity contribution in [2.24, 2.45) is 5.11 Å². The van der Waals surface area contributed by atoms with E-state index in [2.05, 4.69) is 10.0 Å². The second-order valence-electron chi connectivity index (χ2n) is 4.45. The summed E-state index contributed by atoms with van der Waals surface area (Å²) < 4.78 is 30.0. The van der Waals surface area contributed by atoms with Crippen LogP contribution in [0.2, 0.25) is 11.6 Å². The van der Waals surface area contributed by atoms with Crippen LogP contribution in [-0.4, -0.2) is 28.1 Å². The second-order valence-corrected chi connectivity index (χ2v) is 7.80. The van der Waals surface area contributed by atoms with Crippen LogP contribution in [0.3, 0.4) is 0 Å². The summed E-state index contributed by atoms with van der Waals surface area (Å²) in [5.41, 5.74) is 8.09. The Labute approximate surface area is 90.0 Å². The van der Waals surface area contributed by atoms with Crippen molar-refractivity contribution in [2.75, 3.05) is 6.61 Å². The van der Waals surface area contributed by atoms with Gasteiger partial charge < -0.3 is 4.43 Å². The van der Waals surface area contributed by atoms with Gasteiger partial charge in [-0.05, 0) is 17.1 Å². The van der Waals surface area contributed by atoms with Gasteiger partial charge >= 0.3 is 0 Å². The molecule has 1 unspecified atom stereocenters. The highest BCUT2D eigenvalue weighted by Gasteiger charge is 2.26. The number of hydrogen-bond acceptors (Lipinski definition) is 2. The third kappa shape index (κ3) is 5.71. The highest BCUT2D eigenvalue weighted by atomic mass is 28.3. The van der Waals surface area contributed by atoms with Crippen molar-refractivity contribution in [3.8, 4) is 0 Å². The van der Waals surface area contributed by atoms with E-state index < -0.39 is 21.5 Å². The number of alkyl halides is 2. The average Bonchev–Trinajstić information content (AvgIpc) is 2.09. The number of rotatable bonds is 5. The van der Waals surface area contributed by atoms with Gasteiger partial charge in [-0.2, -0.15) is 0 Å². The molecular weight excluding hydrogens is 220 g/mol. The summed E-state index contributed by atoms with van der Waals surface area (Å²) in [7, 11) is -1.53. The van der Waals surface area contributed by atoms with Crippen molar-refractivity contribution in [1.29, 1.82) is 0 Å². The van der Waals surface area contributed by atoms with Gasteiger partial charge in [0.05, 0.1) is 0 Å². The first-order valence-electron chi connectivity index (χ1n) is 4.73. The molecule has 0 amide bonds. The number of azide groups is 1. The molecule has 0 aromatic carbocycles. The van der Waals surface area contributed by atoms with Gasteiger partial charge in [0.1, 0.15) is 6.04 Å². The first kappa shape index (κ1) is 14.3. The van der Waals surface area contributed by atoms with Crippen molar-refractivity contribution >= 4 is 9.04 Å². The lowest BCUT2D eigenvalue weighted by Gasteiger charge is -2.26. The Bertz CT molecular complexity index is 239. The fourth-order valence-electron chi connectivity index (χ4n) is 0.716. The maximum absolute atomic E-state index is 12.3. The smallest absolute Gasteiger partial charge is 0.249 e. The van der Waals surface area contributed by atoms with Gasteiger partial charge in [-0.15, -0.1) is 0 Å². The molecule has 0 heterocycles. The lowest BCUT2D eigenvalue weighted by molar-refractivity contribution is 0.0884. The van der Waals surface area contributed by atoms with E-state index in [1.807, 2.05) is 27.3 Å². The summed E-state index contributed by atoms with van der Waals surface area (Å²) in [6, 6.07) is -1.37. The SMILES string of the molecule is C[SiH](OC[C@H](N=[N+]=[N-])C(F)F)C(C)(C)C. The zero-order valence-electron chi connectivity index (χ0n) is 9.44. The first-order chi connectivity index (χ1) is 6.79. The fraction of sp³-hybridized carbons (Fsp3) is 1.00. The maximum Gasteiger partial charge on any atom is 0.249 e. The van der Waals surface area contributed by atoms with Crippen LogP contribution in [-0.2, 0) is 4.43 Å². The number of halogens is 2. The van der Waals surface area contributed by atoms with Gasteiger partial charge in [0.25, 0.3) is 0 Å². The Morgan fingerprint density at radius 3 is 2.33 bits per heavy atom. The van der Waals surface area contributed by atoms with E-state index in [-0.39, 0.29) is 11.6 Å². The molecular formula is C8H17F2N3OSi. The van der Waals surface area contributed by atoms with Crippen LogP contribution in [0, 0.1) is 0 Å². The molecule has 0 saturated carbocycles. The van der Waals surface area contributed by atoms with Crippen LogP contribution >= 0.6 is 0 Å². The molecule has 15 heavy (non-hydrogen) atoms. The summed E-state index contributed by atoms with van der Waals surface area (Å²) in [5.74, 6) is 0. The minimum Gasteiger partial charge on any atom is -0.419 e. The van der Waals surface area contributed by atoms with Crippen LogP contribution in [0.25, 0.3) is 10.4 Å². The molecule has 0 saturated heterocycles. The van der Waals surface area contributed by atoms with Gasteiger partial charge in [-0.3, -0.25) is 0 Å². The zero-order valence-corrected chi connectivity index (χ0v) is 10.6. The maximum atomic E-state index is 12.3. The monoisotopic (exact) mass is 237 g/mol. The molecule has 0 aromatic rings. The van der Waals surface area contributed by atoms with Crippen molar-refractivity contribution in [2.45, 2.75) is 44.8 Å². The molecule has 0 radical (unpaired) electrons. The fourth-order valence-corrected chi connectivity index (χ4v) is 1.70. The van der Waals surface area contributed by atoms with Crippen LogP contribution in [0.4, 0.5) is 8.78 Å². The minimum atomic E-state index is -2.66. The number of nitrogens with zero attached hydrogens (tertiary/aromatic N) is 3. The van der Waals surface area contributed by atoms with E-state index in [0.717, 1.165) is 0 Å². The van der Waals surface area contributed by atoms with E-state index in [1.54, 1.807) is 0 Å². The van der Waals surface area contributed by atoms with E-state index in [1.165, 1.54) is 0 Å². The Balaban J connectivity index is 4.17. The van der Waals surface area contributed by atoms with Gasteiger partial charge in [-0.25, -0.2) is 8.78 Å². The predicted molar refractivity (Wildman–Crippen MR) is 57.6 cm³/mol. The minimum absolute atomic E-state index is 0.0169. The molecule has 7 heteroatoms. The van der Waals surface area contributed by atoms with Gasteiger partial charge in [0, 0.05) is 11.5 Å². The molecule has 0 fully saturated rings. The van der Waals surface area contributed by atoms with Gasteiger partial charge in [0.15, 0.2) is 9.04 Å². The lowest BCUT2D eigenvalue weighted by Crippen LogP contribution is -2.31. The molecule has 0 spiro atoms. The molecule has 0 aliphatic carbocycles. The second kappa shape index (κ2) is 6.04. The highest BCUT2D eigenvalue weighted by molar-refractivity contribution is 6.53. The van der Waals surface area contributed by atoms with E-state index in [4.69, 9.17) is 9.96 Å². The van der Waals surface area contributed by atoms with Crippen molar-refractivity contribution in [3.05, 3.63) is 10.4 Å². The Morgan fingerprint density at radius 1 is 1.47 bits per heavy atom. The van der Waals surface area contributed by atoms with Crippen LogP contribution in [0.1, 0.15) is 20.8 Å². The predicted octanol–water partition coefficient (Wildman–Crippen LogP) is 3.10. The summed E-state index contributed by atoms with van der Waals surface area (Å²) in [6.07, 6.45) is -2.66. The third-order valence-corrected chi connectivity index (χ3v) is 5.36. The molecule has 4 nitrogen and oxygen atoms in total. The zero-order chi connectivity index (χ0) is 12.1. The first-order valence-corrected chi connectivity index (χ1v) is 6.93. The Morgan fingerprint density at radius 2 is 2.00 bits per heavy atom. The molecule has 88 valence electrons. The molecule has 0 N–H and O–H groups in total. The normalized spacial score (nSPS) is 15.9. The third-order valence-electron chi connectivity index (χ3n) is 2.23. The van der Waals surface area contributed by atoms with E-state index >= 15 is 0 Å². The topological polar surface area (TPSA) is 58.0 Å². The summed E-state index contributed by atoms with van der Waals surface area (Å²) in [6.45, 7) is 7.78. The largest absolute Gasteiger partial charge is 0.419 e. The van der Waals surface area contributed by atoms with Crippen LogP contribution in [0.15, 0.2) is 5.11 Å². The molecule has 0 rings (SSSR count). The average molecular weight is 237 g/mol. The molecule has 0 aromatic heterocycles. The summed E-state index contributed by atoms with van der Waals surface area (Å²) in [5, 5.41) is 3.02.